The molecule has 0 unspecified atom stereocenters. The van der Waals surface area contributed by atoms with E-state index in [4.69, 9.17) is 4.74 Å². The van der Waals surface area contributed by atoms with Gasteiger partial charge in [0.15, 0.2) is 0 Å². The molecule has 2 aromatic rings. The quantitative estimate of drug-likeness (QED) is 0.760. The average Bonchev–Trinajstić information content (AvgIpc) is 2.67. The largest absolute Gasteiger partial charge is 0.490 e. The average molecular weight is 337 g/mol. The Labute approximate surface area is 148 Å². The minimum atomic E-state index is 0.0570. The van der Waals surface area contributed by atoms with Crippen molar-refractivity contribution < 1.29 is 9.53 Å². The Balaban J connectivity index is 1.55. The minimum Gasteiger partial charge on any atom is -0.490 e. The van der Waals surface area contributed by atoms with Gasteiger partial charge in [-0.25, -0.2) is 0 Å². The summed E-state index contributed by atoms with van der Waals surface area (Å²) >= 11 is 0. The molecule has 1 aliphatic heterocycles. The molecule has 0 bridgehead atoms. The summed E-state index contributed by atoms with van der Waals surface area (Å²) in [5.74, 6) is 0.751. The van der Waals surface area contributed by atoms with Crippen molar-refractivity contribution in [1.82, 2.24) is 14.8 Å². The lowest BCUT2D eigenvalue weighted by Gasteiger charge is -2.34. The summed E-state index contributed by atoms with van der Waals surface area (Å²) in [6.45, 7) is 8.06. The summed E-state index contributed by atoms with van der Waals surface area (Å²) in [6.07, 6.45) is 3.51. The molecule has 5 nitrogen and oxygen atoms in total. The number of piperazine rings is 1. The highest BCUT2D eigenvalue weighted by Gasteiger charge is 2.22. The number of rotatable bonds is 6. The molecule has 1 fully saturated rings. The van der Waals surface area contributed by atoms with Crippen molar-refractivity contribution in [2.45, 2.75) is 6.54 Å². The Morgan fingerprint density at radius 1 is 1.16 bits per heavy atom. The number of aromatic nitrogens is 1. The second-order valence-electron chi connectivity index (χ2n) is 6.02. The van der Waals surface area contributed by atoms with Gasteiger partial charge < -0.3 is 9.64 Å². The Bertz CT molecular complexity index is 710. The molecule has 0 aliphatic carbocycles. The van der Waals surface area contributed by atoms with Crippen molar-refractivity contribution in [3.05, 3.63) is 72.6 Å². The van der Waals surface area contributed by atoms with Gasteiger partial charge >= 0.3 is 0 Å². The molecule has 1 aromatic heterocycles. The van der Waals surface area contributed by atoms with Gasteiger partial charge in [-0.15, -0.1) is 0 Å². The third-order valence-corrected chi connectivity index (χ3v) is 4.22. The highest BCUT2D eigenvalue weighted by Crippen LogP contribution is 2.16. The predicted molar refractivity (Wildman–Crippen MR) is 97.6 cm³/mol. The van der Waals surface area contributed by atoms with Crippen LogP contribution in [0.4, 0.5) is 0 Å². The van der Waals surface area contributed by atoms with Crippen LogP contribution in [0.5, 0.6) is 5.75 Å². The summed E-state index contributed by atoms with van der Waals surface area (Å²) in [7, 11) is 0. The molecule has 0 spiro atoms. The van der Waals surface area contributed by atoms with Crippen molar-refractivity contribution in [3.63, 3.8) is 0 Å². The Hall–Kier alpha value is -2.66. The normalized spacial score (nSPS) is 15.0. The summed E-state index contributed by atoms with van der Waals surface area (Å²) in [4.78, 5) is 21.3. The molecule has 130 valence electrons. The topological polar surface area (TPSA) is 45.7 Å². The molecule has 0 radical (unpaired) electrons. The van der Waals surface area contributed by atoms with Crippen molar-refractivity contribution in [2.75, 3.05) is 32.8 Å². The Morgan fingerprint density at radius 3 is 2.72 bits per heavy atom. The monoisotopic (exact) mass is 337 g/mol. The van der Waals surface area contributed by atoms with Crippen molar-refractivity contribution in [1.29, 1.82) is 0 Å². The number of hydrogen-bond acceptors (Lipinski definition) is 4. The molecule has 5 heteroatoms. The van der Waals surface area contributed by atoms with E-state index < -0.39 is 0 Å². The zero-order valence-corrected chi connectivity index (χ0v) is 14.3. The maximum absolute atomic E-state index is 12.7. The van der Waals surface area contributed by atoms with Crippen LogP contribution >= 0.6 is 0 Å². The van der Waals surface area contributed by atoms with Gasteiger partial charge in [0, 0.05) is 44.5 Å². The zero-order valence-electron chi connectivity index (χ0n) is 14.3. The number of carbonyl (C=O) groups is 1. The third-order valence-electron chi connectivity index (χ3n) is 4.22. The summed E-state index contributed by atoms with van der Waals surface area (Å²) in [5, 5.41) is 0. The van der Waals surface area contributed by atoms with Crippen molar-refractivity contribution in [2.24, 2.45) is 0 Å². The highest BCUT2D eigenvalue weighted by atomic mass is 16.5. The van der Waals surface area contributed by atoms with Crippen LogP contribution < -0.4 is 4.74 Å². The smallest absolute Gasteiger partial charge is 0.254 e. The summed E-state index contributed by atoms with van der Waals surface area (Å²) in [6, 6.07) is 13.3. The molecule has 0 saturated carbocycles. The van der Waals surface area contributed by atoms with Crippen molar-refractivity contribution >= 4 is 5.91 Å². The van der Waals surface area contributed by atoms with Gasteiger partial charge in [-0.3, -0.25) is 14.7 Å². The molecule has 1 saturated heterocycles. The molecular weight excluding hydrogens is 314 g/mol. The third kappa shape index (κ3) is 4.67. The van der Waals surface area contributed by atoms with Gasteiger partial charge in [0.05, 0.1) is 5.69 Å². The van der Waals surface area contributed by atoms with E-state index in [1.807, 2.05) is 47.5 Å². The molecule has 0 atom stereocenters. The Morgan fingerprint density at radius 2 is 2.00 bits per heavy atom. The van der Waals surface area contributed by atoms with Crippen molar-refractivity contribution in [3.8, 4) is 5.75 Å². The van der Waals surface area contributed by atoms with Gasteiger partial charge in [-0.2, -0.15) is 0 Å². The van der Waals surface area contributed by atoms with Gasteiger partial charge in [-0.05, 0) is 30.3 Å². The van der Waals surface area contributed by atoms with Crippen LogP contribution in [0.3, 0.4) is 0 Å². The highest BCUT2D eigenvalue weighted by molar-refractivity contribution is 5.94. The fraction of sp³-hybridized carbons (Fsp3) is 0.300. The second kappa shape index (κ2) is 8.44. The molecule has 25 heavy (non-hydrogen) atoms. The molecule has 2 heterocycles. The van der Waals surface area contributed by atoms with E-state index in [1.165, 1.54) is 0 Å². The van der Waals surface area contributed by atoms with E-state index in [1.54, 1.807) is 12.1 Å². The SMILES string of the molecule is C=CCOc1cccc(C(=O)N2CCN(Cc3ccccn3)CC2)c1. The van der Waals surface area contributed by atoms with E-state index in [2.05, 4.69) is 16.5 Å². The zero-order chi connectivity index (χ0) is 17.5. The maximum Gasteiger partial charge on any atom is 0.254 e. The van der Waals surface area contributed by atoms with Gasteiger partial charge in [0.25, 0.3) is 5.91 Å². The number of ether oxygens (including phenoxy) is 1. The van der Waals surface area contributed by atoms with Crippen LogP contribution in [0.1, 0.15) is 16.1 Å². The first-order valence-corrected chi connectivity index (χ1v) is 8.51. The van der Waals surface area contributed by atoms with Crippen LogP contribution in [0, 0.1) is 0 Å². The minimum absolute atomic E-state index is 0.0570. The molecule has 3 rings (SSSR count). The van der Waals surface area contributed by atoms with E-state index in [9.17, 15) is 4.79 Å². The maximum atomic E-state index is 12.7. The number of hydrogen-bond donors (Lipinski definition) is 0. The number of pyridine rings is 1. The molecular formula is C20H23N3O2. The number of amides is 1. The van der Waals surface area contributed by atoms with E-state index in [0.717, 1.165) is 38.4 Å². The van der Waals surface area contributed by atoms with Crippen LogP contribution in [0.2, 0.25) is 0 Å². The lowest BCUT2D eigenvalue weighted by molar-refractivity contribution is 0.0626. The summed E-state index contributed by atoms with van der Waals surface area (Å²) in [5.41, 5.74) is 1.73. The number of benzene rings is 1. The second-order valence-corrected chi connectivity index (χ2v) is 6.02. The van der Waals surface area contributed by atoms with Gasteiger partial charge in [0.2, 0.25) is 0 Å². The lowest BCUT2D eigenvalue weighted by atomic mass is 10.1. The van der Waals surface area contributed by atoms with Gasteiger partial charge in [-0.1, -0.05) is 24.8 Å². The van der Waals surface area contributed by atoms with Gasteiger partial charge in [0.1, 0.15) is 12.4 Å². The first-order valence-electron chi connectivity index (χ1n) is 8.51. The molecule has 0 N–H and O–H groups in total. The predicted octanol–water partition coefficient (Wildman–Crippen LogP) is 2.60. The number of carbonyl (C=O) groups excluding carboxylic acids is 1. The number of nitrogens with zero attached hydrogens (tertiary/aromatic N) is 3. The van der Waals surface area contributed by atoms with E-state index >= 15 is 0 Å². The van der Waals surface area contributed by atoms with Crippen LogP contribution in [0.15, 0.2) is 61.3 Å². The fourth-order valence-electron chi connectivity index (χ4n) is 2.89. The molecule has 1 aliphatic rings. The van der Waals surface area contributed by atoms with Crippen LogP contribution in [-0.2, 0) is 6.54 Å². The van der Waals surface area contributed by atoms with Crippen LogP contribution in [-0.4, -0.2) is 53.5 Å². The molecule has 1 amide bonds. The van der Waals surface area contributed by atoms with E-state index in [-0.39, 0.29) is 5.91 Å². The fourth-order valence-corrected chi connectivity index (χ4v) is 2.89. The first kappa shape index (κ1) is 17.2. The Kier molecular flexibility index (Phi) is 5.80. The first-order chi connectivity index (χ1) is 12.3. The molecule has 1 aromatic carbocycles. The van der Waals surface area contributed by atoms with Crippen LogP contribution in [0.25, 0.3) is 0 Å². The lowest BCUT2D eigenvalue weighted by Crippen LogP contribution is -2.48. The van der Waals surface area contributed by atoms with E-state index in [0.29, 0.717) is 17.9 Å². The summed E-state index contributed by atoms with van der Waals surface area (Å²) < 4.78 is 5.51. The standard InChI is InChI=1S/C20H23N3O2/c1-2-14-25-19-8-5-6-17(15-19)20(24)23-12-10-22(11-13-23)16-18-7-3-4-9-21-18/h2-9,15H,1,10-14,16H2.